The number of nitrogens with one attached hydrogen (secondary N) is 1. The van der Waals surface area contributed by atoms with Crippen LogP contribution in [-0.2, 0) is 9.53 Å². The number of hydrogen-bond acceptors (Lipinski definition) is 3. The van der Waals surface area contributed by atoms with Crippen LogP contribution >= 0.6 is 0 Å². The van der Waals surface area contributed by atoms with Gasteiger partial charge in [0.05, 0.1) is 12.5 Å². The molecule has 2 aliphatic rings. The molecule has 1 N–H and O–H groups in total. The highest BCUT2D eigenvalue weighted by molar-refractivity contribution is 5.79. The maximum absolute atomic E-state index is 11.3. The van der Waals surface area contributed by atoms with Gasteiger partial charge in [0.1, 0.15) is 0 Å². The van der Waals surface area contributed by atoms with Gasteiger partial charge in [-0.25, -0.2) is 0 Å². The second-order valence-electron chi connectivity index (χ2n) is 3.53. The van der Waals surface area contributed by atoms with E-state index in [1.807, 2.05) is 0 Å². The molecule has 0 aromatic heterocycles. The van der Waals surface area contributed by atoms with Crippen LogP contribution in [0, 0.1) is 11.3 Å². The summed E-state index contributed by atoms with van der Waals surface area (Å²) >= 11 is 0. The van der Waals surface area contributed by atoms with Crippen LogP contribution < -0.4 is 5.32 Å². The van der Waals surface area contributed by atoms with Crippen LogP contribution in [0.3, 0.4) is 0 Å². The van der Waals surface area contributed by atoms with Crippen molar-refractivity contribution in [3.05, 3.63) is 0 Å². The maximum atomic E-state index is 11.3. The Kier molecular flexibility index (Phi) is 1.42. The van der Waals surface area contributed by atoms with E-state index in [0.29, 0.717) is 5.92 Å². The fraction of sp³-hybridized carbons (Fsp3) is 0.875. The predicted molar refractivity (Wildman–Crippen MR) is 40.0 cm³/mol. The van der Waals surface area contributed by atoms with Crippen LogP contribution in [0.2, 0.25) is 0 Å². The lowest BCUT2D eigenvalue weighted by atomic mass is 9.77. The second kappa shape index (κ2) is 2.21. The lowest BCUT2D eigenvalue weighted by molar-refractivity contribution is -0.157. The summed E-state index contributed by atoms with van der Waals surface area (Å²) in [6.07, 6.45) is 2.41. The van der Waals surface area contributed by atoms with Gasteiger partial charge >= 0.3 is 5.97 Å². The van der Waals surface area contributed by atoms with Gasteiger partial charge < -0.3 is 10.1 Å². The number of esters is 1. The summed E-state index contributed by atoms with van der Waals surface area (Å²) < 4.78 is 4.78. The average Bonchev–Trinajstić information content (AvgIpc) is 2.68. The van der Waals surface area contributed by atoms with Crippen molar-refractivity contribution in [1.29, 1.82) is 0 Å². The summed E-state index contributed by atoms with van der Waals surface area (Å²) in [7, 11) is 1.48. The van der Waals surface area contributed by atoms with E-state index in [1.165, 1.54) is 20.0 Å². The molecule has 0 atom stereocenters. The highest BCUT2D eigenvalue weighted by Crippen LogP contribution is 2.48. The minimum Gasteiger partial charge on any atom is -0.469 e. The zero-order valence-electron chi connectivity index (χ0n) is 6.72. The van der Waals surface area contributed by atoms with E-state index in [2.05, 4.69) is 5.32 Å². The highest BCUT2D eigenvalue weighted by atomic mass is 16.5. The molecule has 0 spiro atoms. The molecule has 0 aromatic carbocycles. The zero-order chi connectivity index (χ0) is 7.90. The molecule has 0 radical (unpaired) electrons. The molecule has 1 heterocycles. The van der Waals surface area contributed by atoms with Crippen LogP contribution in [0.1, 0.15) is 12.8 Å². The van der Waals surface area contributed by atoms with Gasteiger partial charge in [-0.1, -0.05) is 0 Å². The first-order valence-corrected chi connectivity index (χ1v) is 4.09. The molecule has 1 aliphatic heterocycles. The molecule has 0 aromatic rings. The van der Waals surface area contributed by atoms with Crippen LogP contribution in [-0.4, -0.2) is 26.2 Å². The van der Waals surface area contributed by atoms with Crippen molar-refractivity contribution >= 4 is 5.97 Å². The Morgan fingerprint density at radius 2 is 2.18 bits per heavy atom. The Morgan fingerprint density at radius 1 is 1.55 bits per heavy atom. The van der Waals surface area contributed by atoms with Crippen molar-refractivity contribution in [1.82, 2.24) is 5.32 Å². The molecule has 2 rings (SSSR count). The molecule has 1 saturated heterocycles. The molecule has 0 bridgehead atoms. The van der Waals surface area contributed by atoms with Crippen LogP contribution in [0.25, 0.3) is 0 Å². The molecule has 1 saturated carbocycles. The van der Waals surface area contributed by atoms with E-state index in [4.69, 9.17) is 4.74 Å². The molecule has 3 heteroatoms. The Bertz CT molecular complexity index is 183. The summed E-state index contributed by atoms with van der Waals surface area (Å²) in [4.78, 5) is 11.3. The minimum absolute atomic E-state index is 0.0150. The van der Waals surface area contributed by atoms with Crippen LogP contribution in [0.15, 0.2) is 0 Å². The molecular weight excluding hydrogens is 142 g/mol. The van der Waals surface area contributed by atoms with Crippen molar-refractivity contribution in [2.45, 2.75) is 12.8 Å². The van der Waals surface area contributed by atoms with E-state index in [-0.39, 0.29) is 11.4 Å². The minimum atomic E-state index is -0.130. The lowest BCUT2D eigenvalue weighted by Gasteiger charge is -2.40. The number of carbonyl (C=O) groups excluding carboxylic acids is 1. The number of carbonyl (C=O) groups is 1. The van der Waals surface area contributed by atoms with Gasteiger partial charge in [-0.2, -0.15) is 0 Å². The predicted octanol–water partition coefficient (Wildman–Crippen LogP) is 0.159. The molecule has 3 nitrogen and oxygen atoms in total. The van der Waals surface area contributed by atoms with Gasteiger partial charge in [-0.15, -0.1) is 0 Å². The third-order valence-corrected chi connectivity index (χ3v) is 2.83. The first kappa shape index (κ1) is 7.10. The molecule has 0 unspecified atom stereocenters. The third-order valence-electron chi connectivity index (χ3n) is 2.83. The largest absolute Gasteiger partial charge is 0.469 e. The van der Waals surface area contributed by atoms with Crippen LogP contribution in [0.4, 0.5) is 0 Å². The Labute approximate surface area is 66.1 Å². The fourth-order valence-electron chi connectivity index (χ4n) is 1.83. The van der Waals surface area contributed by atoms with E-state index in [0.717, 1.165) is 13.1 Å². The van der Waals surface area contributed by atoms with Crippen molar-refractivity contribution in [3.8, 4) is 0 Å². The summed E-state index contributed by atoms with van der Waals surface area (Å²) in [6.45, 7) is 1.65. The van der Waals surface area contributed by atoms with Gasteiger partial charge in [-0.05, 0) is 18.8 Å². The van der Waals surface area contributed by atoms with E-state index in [1.54, 1.807) is 0 Å². The number of rotatable bonds is 2. The lowest BCUT2D eigenvalue weighted by Crippen LogP contribution is -2.59. The van der Waals surface area contributed by atoms with Crippen molar-refractivity contribution in [3.63, 3.8) is 0 Å². The van der Waals surface area contributed by atoms with Crippen LogP contribution in [0.5, 0.6) is 0 Å². The normalized spacial score (nSPS) is 27.4. The number of methoxy groups -OCH3 is 1. The first-order valence-electron chi connectivity index (χ1n) is 4.09. The topological polar surface area (TPSA) is 38.3 Å². The van der Waals surface area contributed by atoms with Gasteiger partial charge in [0.15, 0.2) is 0 Å². The molecule has 2 fully saturated rings. The van der Waals surface area contributed by atoms with E-state index >= 15 is 0 Å². The maximum Gasteiger partial charge on any atom is 0.314 e. The molecule has 0 amide bonds. The second-order valence-corrected chi connectivity index (χ2v) is 3.53. The SMILES string of the molecule is COC(=O)C1(C2CC2)CNC1. The van der Waals surface area contributed by atoms with Crippen molar-refractivity contribution < 1.29 is 9.53 Å². The summed E-state index contributed by atoms with van der Waals surface area (Å²) in [5.41, 5.74) is -0.130. The zero-order valence-corrected chi connectivity index (χ0v) is 6.72. The van der Waals surface area contributed by atoms with Crippen molar-refractivity contribution in [2.75, 3.05) is 20.2 Å². The van der Waals surface area contributed by atoms with Crippen molar-refractivity contribution in [2.24, 2.45) is 11.3 Å². The smallest absolute Gasteiger partial charge is 0.314 e. The van der Waals surface area contributed by atoms with Gasteiger partial charge in [-0.3, -0.25) is 4.79 Å². The highest BCUT2D eigenvalue weighted by Gasteiger charge is 2.55. The Balaban J connectivity index is 2.08. The van der Waals surface area contributed by atoms with Gasteiger partial charge in [0, 0.05) is 13.1 Å². The summed E-state index contributed by atoms with van der Waals surface area (Å²) in [6, 6.07) is 0. The summed E-state index contributed by atoms with van der Waals surface area (Å²) in [5, 5.41) is 3.14. The van der Waals surface area contributed by atoms with Gasteiger partial charge in [0.2, 0.25) is 0 Å². The number of hydrogen-bond donors (Lipinski definition) is 1. The number of ether oxygens (including phenoxy) is 1. The Morgan fingerprint density at radius 3 is 2.45 bits per heavy atom. The monoisotopic (exact) mass is 155 g/mol. The van der Waals surface area contributed by atoms with Gasteiger partial charge in [0.25, 0.3) is 0 Å². The average molecular weight is 155 g/mol. The quantitative estimate of drug-likeness (QED) is 0.577. The molecule has 11 heavy (non-hydrogen) atoms. The fourth-order valence-corrected chi connectivity index (χ4v) is 1.83. The molecule has 1 aliphatic carbocycles. The van der Waals surface area contributed by atoms with E-state index < -0.39 is 0 Å². The standard InChI is InChI=1S/C8H13NO2/c1-11-7(10)8(4-9-5-8)6-2-3-6/h6,9H,2-5H2,1H3. The first-order chi connectivity index (χ1) is 5.29. The Hall–Kier alpha value is -0.570. The van der Waals surface area contributed by atoms with E-state index in [9.17, 15) is 4.79 Å². The summed E-state index contributed by atoms with van der Waals surface area (Å²) in [5.74, 6) is 0.593. The molecule has 62 valence electrons. The molecular formula is C8H13NO2. The third kappa shape index (κ3) is 0.872.